The summed E-state index contributed by atoms with van der Waals surface area (Å²) in [6.07, 6.45) is 4.17. The monoisotopic (exact) mass is 190 g/mol. The second-order valence-electron chi connectivity index (χ2n) is 4.51. The predicted molar refractivity (Wildman–Crippen MR) is 45.6 cm³/mol. The molecule has 3 heteroatoms. The van der Waals surface area contributed by atoms with Gasteiger partial charge in [-0.05, 0) is 25.2 Å². The molecule has 0 spiro atoms. The molecule has 0 amide bonds. The number of hydrogen-bond donors (Lipinski definition) is 1. The largest absolute Gasteiger partial charge is 0.393 e. The van der Waals surface area contributed by atoms with Crippen molar-refractivity contribution in [3.05, 3.63) is 0 Å². The molecule has 1 nitrogen and oxygen atoms in total. The Morgan fingerprint density at radius 3 is 2.38 bits per heavy atom. The van der Waals surface area contributed by atoms with E-state index >= 15 is 0 Å². The highest BCUT2D eigenvalue weighted by Gasteiger charge is 2.57. The number of aliphatic hydroxyl groups is 1. The van der Waals surface area contributed by atoms with Crippen LogP contribution in [-0.2, 0) is 0 Å². The lowest BCUT2D eigenvalue weighted by Gasteiger charge is -2.27. The topological polar surface area (TPSA) is 20.2 Å². The van der Waals surface area contributed by atoms with Crippen LogP contribution in [0.1, 0.15) is 38.5 Å². The fourth-order valence-corrected chi connectivity index (χ4v) is 2.35. The molecule has 3 atom stereocenters. The molecule has 0 saturated heterocycles. The molecule has 2 aliphatic carbocycles. The Bertz CT molecular complexity index is 193. The van der Waals surface area contributed by atoms with Crippen molar-refractivity contribution in [1.82, 2.24) is 0 Å². The summed E-state index contributed by atoms with van der Waals surface area (Å²) >= 11 is 0. The molecule has 0 aliphatic heterocycles. The van der Waals surface area contributed by atoms with Gasteiger partial charge in [-0.3, -0.25) is 0 Å². The average Bonchev–Trinajstić information content (AvgIpc) is 2.64. The van der Waals surface area contributed by atoms with E-state index < -0.39 is 11.8 Å². The van der Waals surface area contributed by atoms with E-state index in [4.69, 9.17) is 0 Å². The van der Waals surface area contributed by atoms with Gasteiger partial charge in [0.05, 0.1) is 6.10 Å². The molecule has 0 radical (unpaired) electrons. The molecule has 0 aromatic heterocycles. The number of alkyl halides is 2. The van der Waals surface area contributed by atoms with Crippen LogP contribution in [0, 0.1) is 11.8 Å². The van der Waals surface area contributed by atoms with Gasteiger partial charge >= 0.3 is 0 Å². The molecular formula is C10H16F2O. The molecule has 0 aromatic carbocycles. The maximum atomic E-state index is 12.6. The molecule has 0 bridgehead atoms. The zero-order valence-electron chi connectivity index (χ0n) is 7.68. The van der Waals surface area contributed by atoms with Crippen LogP contribution < -0.4 is 0 Å². The van der Waals surface area contributed by atoms with E-state index in [2.05, 4.69) is 0 Å². The minimum absolute atomic E-state index is 0.0518. The molecule has 2 fully saturated rings. The summed E-state index contributed by atoms with van der Waals surface area (Å²) in [7, 11) is 0. The minimum Gasteiger partial charge on any atom is -0.393 e. The molecule has 2 rings (SSSR count). The predicted octanol–water partition coefficient (Wildman–Crippen LogP) is 2.58. The quantitative estimate of drug-likeness (QED) is 0.709. The number of halogens is 2. The van der Waals surface area contributed by atoms with Crippen molar-refractivity contribution in [1.29, 1.82) is 0 Å². The van der Waals surface area contributed by atoms with Crippen LogP contribution in [0.3, 0.4) is 0 Å². The third-order valence-electron chi connectivity index (χ3n) is 3.41. The SMILES string of the molecule is O[C@@H]1CCCC[C@H]1CC1CC1(F)F. The zero-order chi connectivity index (χ0) is 9.47. The minimum atomic E-state index is -2.41. The van der Waals surface area contributed by atoms with Crippen LogP contribution in [0.25, 0.3) is 0 Å². The fourth-order valence-electron chi connectivity index (χ4n) is 2.35. The maximum absolute atomic E-state index is 12.6. The van der Waals surface area contributed by atoms with E-state index in [-0.39, 0.29) is 18.4 Å². The lowest BCUT2D eigenvalue weighted by molar-refractivity contribution is 0.0447. The summed E-state index contributed by atoms with van der Waals surface area (Å²) in [5, 5.41) is 9.57. The highest BCUT2D eigenvalue weighted by atomic mass is 19.3. The first-order valence-electron chi connectivity index (χ1n) is 5.15. The molecule has 0 heterocycles. The van der Waals surface area contributed by atoms with E-state index in [0.717, 1.165) is 25.7 Å². The van der Waals surface area contributed by atoms with Crippen molar-refractivity contribution in [2.75, 3.05) is 0 Å². The highest BCUT2D eigenvalue weighted by Crippen LogP contribution is 2.53. The van der Waals surface area contributed by atoms with Gasteiger partial charge in [0.25, 0.3) is 5.92 Å². The lowest BCUT2D eigenvalue weighted by Crippen LogP contribution is -2.25. The first-order chi connectivity index (χ1) is 6.09. The molecule has 13 heavy (non-hydrogen) atoms. The Labute approximate surface area is 77.1 Å². The van der Waals surface area contributed by atoms with E-state index in [1.807, 2.05) is 0 Å². The standard InChI is InChI=1S/C10H16F2O/c11-10(12)6-8(10)5-7-3-1-2-4-9(7)13/h7-9,13H,1-6H2/t7-,8?,9+/m0/s1. The van der Waals surface area contributed by atoms with Crippen molar-refractivity contribution in [3.8, 4) is 0 Å². The van der Waals surface area contributed by atoms with Gasteiger partial charge in [0.2, 0.25) is 0 Å². The van der Waals surface area contributed by atoms with Gasteiger partial charge in [0.15, 0.2) is 0 Å². The Balaban J connectivity index is 1.81. The third-order valence-corrected chi connectivity index (χ3v) is 3.41. The van der Waals surface area contributed by atoms with Gasteiger partial charge in [-0.2, -0.15) is 0 Å². The molecule has 2 saturated carbocycles. The molecule has 1 N–H and O–H groups in total. The lowest BCUT2D eigenvalue weighted by atomic mass is 9.83. The van der Waals surface area contributed by atoms with Gasteiger partial charge in [-0.15, -0.1) is 0 Å². The van der Waals surface area contributed by atoms with Crippen molar-refractivity contribution in [2.24, 2.45) is 11.8 Å². The summed E-state index contributed by atoms with van der Waals surface area (Å²) in [5.41, 5.74) is 0. The second kappa shape index (κ2) is 3.19. The maximum Gasteiger partial charge on any atom is 0.251 e. The molecule has 0 aromatic rings. The number of hydrogen-bond acceptors (Lipinski definition) is 1. The van der Waals surface area contributed by atoms with Gasteiger partial charge < -0.3 is 5.11 Å². The van der Waals surface area contributed by atoms with Crippen molar-refractivity contribution >= 4 is 0 Å². The van der Waals surface area contributed by atoms with Crippen molar-refractivity contribution < 1.29 is 13.9 Å². The second-order valence-corrected chi connectivity index (χ2v) is 4.51. The summed E-state index contributed by atoms with van der Waals surface area (Å²) in [6, 6.07) is 0. The van der Waals surface area contributed by atoms with Gasteiger partial charge in [-0.1, -0.05) is 12.8 Å². The smallest absolute Gasteiger partial charge is 0.251 e. The van der Waals surface area contributed by atoms with E-state index in [9.17, 15) is 13.9 Å². The van der Waals surface area contributed by atoms with Crippen LogP contribution in [0.2, 0.25) is 0 Å². The summed E-state index contributed by atoms with van der Waals surface area (Å²) in [6.45, 7) is 0. The first kappa shape index (κ1) is 9.38. The van der Waals surface area contributed by atoms with E-state index in [1.165, 1.54) is 0 Å². The van der Waals surface area contributed by atoms with Gasteiger partial charge in [0, 0.05) is 12.3 Å². The molecule has 76 valence electrons. The van der Waals surface area contributed by atoms with Crippen LogP contribution >= 0.6 is 0 Å². The average molecular weight is 190 g/mol. The number of aliphatic hydroxyl groups excluding tert-OH is 1. The van der Waals surface area contributed by atoms with Crippen LogP contribution in [0.5, 0.6) is 0 Å². The van der Waals surface area contributed by atoms with Crippen LogP contribution in [-0.4, -0.2) is 17.1 Å². The summed E-state index contributed by atoms with van der Waals surface area (Å²) in [4.78, 5) is 0. The normalized spacial score (nSPS) is 43.2. The Kier molecular flexibility index (Phi) is 2.30. The zero-order valence-corrected chi connectivity index (χ0v) is 7.68. The molecule has 2 aliphatic rings. The fraction of sp³-hybridized carbons (Fsp3) is 1.00. The van der Waals surface area contributed by atoms with Crippen LogP contribution in [0.4, 0.5) is 8.78 Å². The molecular weight excluding hydrogens is 174 g/mol. The Hall–Kier alpha value is -0.180. The summed E-state index contributed by atoms with van der Waals surface area (Å²) in [5.74, 6) is -2.69. The van der Waals surface area contributed by atoms with Crippen molar-refractivity contribution in [2.45, 2.75) is 50.6 Å². The van der Waals surface area contributed by atoms with E-state index in [1.54, 1.807) is 0 Å². The Morgan fingerprint density at radius 1 is 1.23 bits per heavy atom. The summed E-state index contributed by atoms with van der Waals surface area (Å²) < 4.78 is 25.2. The van der Waals surface area contributed by atoms with Crippen LogP contribution in [0.15, 0.2) is 0 Å². The Morgan fingerprint density at radius 2 is 1.85 bits per heavy atom. The highest BCUT2D eigenvalue weighted by molar-refractivity contribution is 4.97. The number of rotatable bonds is 2. The van der Waals surface area contributed by atoms with Gasteiger partial charge in [0.1, 0.15) is 0 Å². The first-order valence-corrected chi connectivity index (χ1v) is 5.15. The van der Waals surface area contributed by atoms with E-state index in [0.29, 0.717) is 6.42 Å². The van der Waals surface area contributed by atoms with Gasteiger partial charge in [-0.25, -0.2) is 8.78 Å². The third kappa shape index (κ3) is 2.01. The van der Waals surface area contributed by atoms with Crippen molar-refractivity contribution in [3.63, 3.8) is 0 Å². The molecule has 1 unspecified atom stereocenters.